The number of aryl methyl sites for hydroxylation is 3. The molecule has 0 saturated carbocycles. The second-order valence-corrected chi connectivity index (χ2v) is 5.40. The fourth-order valence-electron chi connectivity index (χ4n) is 3.03. The second-order valence-electron chi connectivity index (χ2n) is 5.40. The molecule has 3 heteroatoms. The van der Waals surface area contributed by atoms with Gasteiger partial charge in [-0.1, -0.05) is 29.8 Å². The van der Waals surface area contributed by atoms with E-state index in [2.05, 4.69) is 43.1 Å². The van der Waals surface area contributed by atoms with Crippen LogP contribution in [-0.2, 0) is 4.79 Å². The molecule has 2 aromatic rings. The molecule has 0 radical (unpaired) electrons. The lowest BCUT2D eigenvalue weighted by atomic mass is 10.0. The van der Waals surface area contributed by atoms with Gasteiger partial charge in [0, 0.05) is 5.69 Å². The number of anilines is 3. The topological polar surface area (TPSA) is 32.3 Å². The van der Waals surface area contributed by atoms with Crippen molar-refractivity contribution in [3.8, 4) is 0 Å². The lowest BCUT2D eigenvalue weighted by Gasteiger charge is -2.33. The van der Waals surface area contributed by atoms with Crippen LogP contribution in [-0.4, -0.2) is 12.5 Å². The van der Waals surface area contributed by atoms with Gasteiger partial charge in [0.05, 0.1) is 11.4 Å². The normalized spacial score (nSPS) is 13.9. The fraction of sp³-hybridized carbons (Fsp3) is 0.235. The maximum atomic E-state index is 11.9. The lowest BCUT2D eigenvalue weighted by Crippen LogP contribution is -2.35. The van der Waals surface area contributed by atoms with Crippen LogP contribution in [0, 0.1) is 20.8 Å². The summed E-state index contributed by atoms with van der Waals surface area (Å²) in [5, 5.41) is 2.93. The minimum atomic E-state index is 0.0306. The van der Waals surface area contributed by atoms with Gasteiger partial charge in [-0.3, -0.25) is 4.79 Å². The molecule has 0 atom stereocenters. The Balaban J connectivity index is 2.18. The smallest absolute Gasteiger partial charge is 0.244 e. The van der Waals surface area contributed by atoms with Gasteiger partial charge in [-0.05, 0) is 44.0 Å². The van der Waals surface area contributed by atoms with Crippen LogP contribution in [0.25, 0.3) is 0 Å². The number of carbonyl (C=O) groups excluding carboxylic acids is 1. The van der Waals surface area contributed by atoms with Gasteiger partial charge >= 0.3 is 0 Å². The lowest BCUT2D eigenvalue weighted by molar-refractivity contribution is -0.115. The van der Waals surface area contributed by atoms with Crippen LogP contribution in [0.2, 0.25) is 0 Å². The van der Waals surface area contributed by atoms with E-state index in [-0.39, 0.29) is 5.91 Å². The molecule has 2 aromatic carbocycles. The molecular weight excluding hydrogens is 248 g/mol. The summed E-state index contributed by atoms with van der Waals surface area (Å²) in [4.78, 5) is 14.1. The van der Waals surface area contributed by atoms with E-state index >= 15 is 0 Å². The molecule has 1 heterocycles. The predicted molar refractivity (Wildman–Crippen MR) is 82.7 cm³/mol. The summed E-state index contributed by atoms with van der Waals surface area (Å²) in [6, 6.07) is 12.3. The first-order chi connectivity index (χ1) is 9.56. The summed E-state index contributed by atoms with van der Waals surface area (Å²) in [6.07, 6.45) is 0. The first-order valence-electron chi connectivity index (χ1n) is 6.80. The Kier molecular flexibility index (Phi) is 2.97. The first kappa shape index (κ1) is 12.7. The van der Waals surface area contributed by atoms with Crippen LogP contribution in [0.15, 0.2) is 36.4 Å². The van der Waals surface area contributed by atoms with Crippen LogP contribution >= 0.6 is 0 Å². The van der Waals surface area contributed by atoms with E-state index in [0.29, 0.717) is 6.54 Å². The molecule has 1 amide bonds. The van der Waals surface area contributed by atoms with Crippen LogP contribution in [0.3, 0.4) is 0 Å². The number of hydrogen-bond acceptors (Lipinski definition) is 2. The average molecular weight is 266 g/mol. The molecule has 1 aliphatic heterocycles. The molecule has 0 fully saturated rings. The van der Waals surface area contributed by atoms with Crippen molar-refractivity contribution in [1.29, 1.82) is 0 Å². The number of carbonyl (C=O) groups is 1. The van der Waals surface area contributed by atoms with Crippen molar-refractivity contribution in [3.05, 3.63) is 53.1 Å². The van der Waals surface area contributed by atoms with Gasteiger partial charge in [0.1, 0.15) is 6.54 Å². The number of fused-ring (bicyclic) bond motifs is 1. The van der Waals surface area contributed by atoms with Crippen molar-refractivity contribution in [3.63, 3.8) is 0 Å². The number of nitrogens with zero attached hydrogens (tertiary/aromatic N) is 1. The van der Waals surface area contributed by atoms with Crippen molar-refractivity contribution in [2.75, 3.05) is 16.8 Å². The van der Waals surface area contributed by atoms with Crippen LogP contribution < -0.4 is 10.2 Å². The minimum absolute atomic E-state index is 0.0306. The van der Waals surface area contributed by atoms with E-state index in [0.717, 1.165) is 17.1 Å². The Morgan fingerprint density at radius 3 is 2.40 bits per heavy atom. The second kappa shape index (κ2) is 4.67. The highest BCUT2D eigenvalue weighted by molar-refractivity contribution is 6.03. The zero-order chi connectivity index (χ0) is 14.3. The Labute approximate surface area is 119 Å². The van der Waals surface area contributed by atoms with Crippen LogP contribution in [0.4, 0.5) is 17.1 Å². The van der Waals surface area contributed by atoms with E-state index < -0.39 is 0 Å². The van der Waals surface area contributed by atoms with E-state index in [4.69, 9.17) is 0 Å². The maximum absolute atomic E-state index is 11.9. The number of para-hydroxylation sites is 2. The van der Waals surface area contributed by atoms with Crippen molar-refractivity contribution >= 4 is 23.0 Å². The summed E-state index contributed by atoms with van der Waals surface area (Å²) in [5.41, 5.74) is 6.72. The van der Waals surface area contributed by atoms with E-state index in [9.17, 15) is 4.79 Å². The zero-order valence-corrected chi connectivity index (χ0v) is 12.0. The molecule has 102 valence electrons. The Morgan fingerprint density at radius 1 is 1.05 bits per heavy atom. The SMILES string of the molecule is Cc1cc(C)c(N2CC(=O)Nc3ccccc32)c(C)c1. The quantitative estimate of drug-likeness (QED) is 0.853. The molecule has 0 spiro atoms. The van der Waals surface area contributed by atoms with Crippen molar-refractivity contribution in [2.24, 2.45) is 0 Å². The molecule has 0 aromatic heterocycles. The summed E-state index contributed by atoms with van der Waals surface area (Å²) in [5.74, 6) is 0.0306. The highest BCUT2D eigenvalue weighted by atomic mass is 16.2. The highest BCUT2D eigenvalue weighted by Gasteiger charge is 2.24. The van der Waals surface area contributed by atoms with Gasteiger partial charge in [-0.15, -0.1) is 0 Å². The molecule has 1 aliphatic rings. The molecule has 0 saturated heterocycles. The summed E-state index contributed by atoms with van der Waals surface area (Å²) in [6.45, 7) is 6.66. The maximum Gasteiger partial charge on any atom is 0.244 e. The monoisotopic (exact) mass is 266 g/mol. The van der Waals surface area contributed by atoms with Crippen LogP contribution in [0.1, 0.15) is 16.7 Å². The van der Waals surface area contributed by atoms with E-state index in [1.54, 1.807) is 0 Å². The predicted octanol–water partition coefficient (Wildman–Crippen LogP) is 3.70. The number of amides is 1. The average Bonchev–Trinajstić information content (AvgIpc) is 2.37. The minimum Gasteiger partial charge on any atom is -0.330 e. The zero-order valence-electron chi connectivity index (χ0n) is 12.0. The van der Waals surface area contributed by atoms with Gasteiger partial charge in [0.15, 0.2) is 0 Å². The number of rotatable bonds is 1. The van der Waals surface area contributed by atoms with E-state index in [1.165, 1.54) is 16.7 Å². The number of benzene rings is 2. The standard InChI is InChI=1S/C17H18N2O/c1-11-8-12(2)17(13(3)9-11)19-10-16(20)18-14-6-4-5-7-15(14)19/h4-9H,10H2,1-3H3,(H,18,20). The van der Waals surface area contributed by atoms with Crippen molar-refractivity contribution in [1.82, 2.24) is 0 Å². The molecule has 0 unspecified atom stereocenters. The summed E-state index contributed by atoms with van der Waals surface area (Å²) < 4.78 is 0. The van der Waals surface area contributed by atoms with Gasteiger partial charge in [0.2, 0.25) is 5.91 Å². The molecule has 0 aliphatic carbocycles. The Morgan fingerprint density at radius 2 is 1.70 bits per heavy atom. The van der Waals surface area contributed by atoms with Gasteiger partial charge < -0.3 is 10.2 Å². The first-order valence-corrected chi connectivity index (χ1v) is 6.80. The third kappa shape index (κ3) is 2.05. The molecule has 3 rings (SSSR count). The molecule has 20 heavy (non-hydrogen) atoms. The van der Waals surface area contributed by atoms with Gasteiger partial charge in [0.25, 0.3) is 0 Å². The largest absolute Gasteiger partial charge is 0.330 e. The Bertz CT molecular complexity index is 668. The molecule has 3 nitrogen and oxygen atoms in total. The third-order valence-corrected chi connectivity index (χ3v) is 3.68. The Hall–Kier alpha value is -2.29. The van der Waals surface area contributed by atoms with Crippen molar-refractivity contribution < 1.29 is 4.79 Å². The summed E-state index contributed by atoms with van der Waals surface area (Å²) >= 11 is 0. The third-order valence-electron chi connectivity index (χ3n) is 3.68. The highest BCUT2D eigenvalue weighted by Crippen LogP contribution is 2.38. The molecule has 1 N–H and O–H groups in total. The van der Waals surface area contributed by atoms with Crippen LogP contribution in [0.5, 0.6) is 0 Å². The fourth-order valence-corrected chi connectivity index (χ4v) is 3.03. The number of nitrogens with one attached hydrogen (secondary N) is 1. The molecular formula is C17H18N2O. The van der Waals surface area contributed by atoms with E-state index in [1.807, 2.05) is 24.3 Å². The van der Waals surface area contributed by atoms with Gasteiger partial charge in [-0.25, -0.2) is 0 Å². The number of hydrogen-bond donors (Lipinski definition) is 1. The molecule has 0 bridgehead atoms. The van der Waals surface area contributed by atoms with Gasteiger partial charge in [-0.2, -0.15) is 0 Å². The summed E-state index contributed by atoms with van der Waals surface area (Å²) in [7, 11) is 0. The van der Waals surface area contributed by atoms with Crippen molar-refractivity contribution in [2.45, 2.75) is 20.8 Å².